The van der Waals surface area contributed by atoms with Gasteiger partial charge in [0.15, 0.2) is 5.75 Å². The van der Waals surface area contributed by atoms with Crippen LogP contribution in [0.15, 0.2) is 48.5 Å². The number of hydrogen-bond donors (Lipinski definition) is 0. The van der Waals surface area contributed by atoms with Gasteiger partial charge in [-0.05, 0) is 47.5 Å². The van der Waals surface area contributed by atoms with Crippen molar-refractivity contribution in [1.82, 2.24) is 14.8 Å². The van der Waals surface area contributed by atoms with E-state index in [2.05, 4.69) is 9.88 Å². The Morgan fingerprint density at radius 3 is 1.77 bits per heavy atom. The zero-order valence-corrected chi connectivity index (χ0v) is 23.7. The Hall–Kier alpha value is -2.46. The molecule has 0 saturated heterocycles. The van der Waals surface area contributed by atoms with E-state index in [4.69, 9.17) is 55.9 Å². The van der Waals surface area contributed by atoms with Crippen molar-refractivity contribution >= 4 is 57.3 Å². The minimum Gasteiger partial charge on any atom is -0.477 e. The van der Waals surface area contributed by atoms with Crippen LogP contribution < -0.4 is 9.47 Å². The van der Waals surface area contributed by atoms with Crippen molar-refractivity contribution in [3.8, 4) is 11.5 Å². The Morgan fingerprint density at radius 1 is 0.725 bits per heavy atom. The molecule has 0 bridgehead atoms. The highest BCUT2D eigenvalue weighted by Gasteiger charge is 2.36. The number of rotatable bonds is 4. The summed E-state index contributed by atoms with van der Waals surface area (Å²) in [7, 11) is 0. The summed E-state index contributed by atoms with van der Waals surface area (Å²) in [6.45, 7) is 2.14. The number of benzene rings is 3. The van der Waals surface area contributed by atoms with Crippen molar-refractivity contribution in [2.24, 2.45) is 0 Å². The first-order valence-corrected chi connectivity index (χ1v) is 13.7. The van der Waals surface area contributed by atoms with Crippen LogP contribution in [0.1, 0.15) is 27.9 Å². The Balaban J connectivity index is 1.40. The van der Waals surface area contributed by atoms with Crippen molar-refractivity contribution in [2.75, 3.05) is 13.5 Å². The maximum absolute atomic E-state index is 13.6. The molecule has 3 aromatic carbocycles. The second kappa shape index (κ2) is 10.7. The monoisotopic (exact) mass is 627 g/mol. The summed E-state index contributed by atoms with van der Waals surface area (Å²) in [5.74, 6) is 0.830. The molecule has 0 radical (unpaired) electrons. The third-order valence-corrected chi connectivity index (χ3v) is 8.10. The van der Waals surface area contributed by atoms with E-state index in [0.29, 0.717) is 63.2 Å². The smallest absolute Gasteiger partial charge is 0.433 e. The summed E-state index contributed by atoms with van der Waals surface area (Å²) in [6.07, 6.45) is -4.60. The van der Waals surface area contributed by atoms with E-state index < -0.39 is 11.9 Å². The standard InChI is InChI=1S/C28H20Cl4F3N3O2/c29-17-3-1-15(22(31)7-17)9-37-11-20-21-12-38(10-16-2-4-18(30)8-23(16)32)14-40-27(21)25-19(26(20)39-13-37)5-6-24(36-25)28(33,34)35/h1-8H,9-14H2. The molecule has 208 valence electrons. The van der Waals surface area contributed by atoms with Crippen molar-refractivity contribution in [2.45, 2.75) is 32.4 Å². The number of nitrogens with zero attached hydrogens (tertiary/aromatic N) is 3. The molecule has 5 nitrogen and oxygen atoms in total. The first-order chi connectivity index (χ1) is 19.1. The highest BCUT2D eigenvalue weighted by atomic mass is 35.5. The zero-order chi connectivity index (χ0) is 28.2. The van der Waals surface area contributed by atoms with Gasteiger partial charge in [-0.15, -0.1) is 0 Å². The summed E-state index contributed by atoms with van der Waals surface area (Å²) in [5.41, 5.74) is 2.41. The molecular formula is C28H20Cl4F3N3O2. The van der Waals surface area contributed by atoms with E-state index in [-0.39, 0.29) is 19.0 Å². The van der Waals surface area contributed by atoms with Crippen LogP contribution in [0.4, 0.5) is 13.2 Å². The Kier molecular flexibility index (Phi) is 7.44. The number of ether oxygens (including phenoxy) is 2. The summed E-state index contributed by atoms with van der Waals surface area (Å²) in [4.78, 5) is 8.04. The maximum atomic E-state index is 13.6. The van der Waals surface area contributed by atoms with Crippen molar-refractivity contribution in [1.29, 1.82) is 0 Å². The molecule has 4 aromatic rings. The molecule has 0 atom stereocenters. The molecule has 2 aliphatic heterocycles. The van der Waals surface area contributed by atoms with Crippen LogP contribution >= 0.6 is 46.4 Å². The average Bonchev–Trinajstić information content (AvgIpc) is 2.91. The predicted octanol–water partition coefficient (Wildman–Crippen LogP) is 8.57. The lowest BCUT2D eigenvalue weighted by molar-refractivity contribution is -0.140. The maximum Gasteiger partial charge on any atom is 0.433 e. The van der Waals surface area contributed by atoms with E-state index in [1.165, 1.54) is 6.07 Å². The predicted molar refractivity (Wildman–Crippen MR) is 149 cm³/mol. The van der Waals surface area contributed by atoms with Gasteiger partial charge in [0.2, 0.25) is 0 Å². The van der Waals surface area contributed by atoms with Crippen LogP contribution in [0.25, 0.3) is 10.9 Å². The van der Waals surface area contributed by atoms with Gasteiger partial charge in [0.05, 0.1) is 0 Å². The number of alkyl halides is 3. The molecule has 0 amide bonds. The van der Waals surface area contributed by atoms with Gasteiger partial charge in [-0.25, -0.2) is 4.98 Å². The largest absolute Gasteiger partial charge is 0.477 e. The van der Waals surface area contributed by atoms with Gasteiger partial charge < -0.3 is 9.47 Å². The average molecular weight is 629 g/mol. The van der Waals surface area contributed by atoms with Crippen LogP contribution in [-0.2, 0) is 32.4 Å². The molecule has 12 heteroatoms. The highest BCUT2D eigenvalue weighted by molar-refractivity contribution is 6.35. The lowest BCUT2D eigenvalue weighted by Gasteiger charge is -2.36. The van der Waals surface area contributed by atoms with Crippen LogP contribution in [0.5, 0.6) is 11.5 Å². The third-order valence-electron chi connectivity index (χ3n) is 6.92. The zero-order valence-electron chi connectivity index (χ0n) is 20.7. The van der Waals surface area contributed by atoms with Crippen LogP contribution in [0, 0.1) is 0 Å². The van der Waals surface area contributed by atoms with E-state index in [0.717, 1.165) is 28.3 Å². The molecule has 2 aliphatic rings. The minimum atomic E-state index is -4.60. The summed E-state index contributed by atoms with van der Waals surface area (Å²) >= 11 is 24.9. The fourth-order valence-electron chi connectivity index (χ4n) is 5.04. The number of halogens is 7. The lowest BCUT2D eigenvalue weighted by Crippen LogP contribution is -2.36. The van der Waals surface area contributed by atoms with Gasteiger partial charge in [-0.3, -0.25) is 9.80 Å². The van der Waals surface area contributed by atoms with Gasteiger partial charge in [0.25, 0.3) is 0 Å². The molecule has 40 heavy (non-hydrogen) atoms. The Labute approximate surface area is 247 Å². The molecule has 1 aromatic heterocycles. The fourth-order valence-corrected chi connectivity index (χ4v) is 5.98. The van der Waals surface area contributed by atoms with Gasteiger partial charge >= 0.3 is 6.18 Å². The lowest BCUT2D eigenvalue weighted by atomic mass is 9.97. The van der Waals surface area contributed by atoms with Crippen molar-refractivity contribution in [3.63, 3.8) is 0 Å². The third kappa shape index (κ3) is 5.41. The molecule has 3 heterocycles. The Morgan fingerprint density at radius 2 is 1.25 bits per heavy atom. The van der Waals surface area contributed by atoms with E-state index >= 15 is 0 Å². The molecule has 0 aliphatic carbocycles. The van der Waals surface area contributed by atoms with Crippen LogP contribution in [0.2, 0.25) is 20.1 Å². The number of hydrogen-bond acceptors (Lipinski definition) is 5. The van der Waals surface area contributed by atoms with E-state index in [9.17, 15) is 13.2 Å². The first-order valence-electron chi connectivity index (χ1n) is 12.2. The molecule has 0 saturated carbocycles. The summed E-state index contributed by atoms with van der Waals surface area (Å²) in [5, 5.41) is 2.60. The Bertz CT molecular complexity index is 1630. The van der Waals surface area contributed by atoms with Gasteiger partial charge in [-0.1, -0.05) is 58.5 Å². The second-order valence-electron chi connectivity index (χ2n) is 9.70. The topological polar surface area (TPSA) is 37.8 Å². The molecular weight excluding hydrogens is 609 g/mol. The summed E-state index contributed by atoms with van der Waals surface area (Å²) in [6, 6.07) is 13.0. The van der Waals surface area contributed by atoms with E-state index in [1.807, 2.05) is 17.0 Å². The molecule has 0 N–H and O–H groups in total. The second-order valence-corrected chi connectivity index (χ2v) is 11.4. The molecule has 0 unspecified atom stereocenters. The molecule has 6 rings (SSSR count). The van der Waals surface area contributed by atoms with Gasteiger partial charge in [-0.2, -0.15) is 13.2 Å². The normalized spacial score (nSPS) is 15.9. The van der Waals surface area contributed by atoms with Crippen molar-refractivity contribution < 1.29 is 22.6 Å². The molecule has 0 spiro atoms. The van der Waals surface area contributed by atoms with Gasteiger partial charge in [0.1, 0.15) is 30.4 Å². The molecule has 0 fully saturated rings. The highest BCUT2D eigenvalue weighted by Crippen LogP contribution is 2.46. The SMILES string of the molecule is FC(F)(F)c1ccc2c3c(c4c(c2n1)OCN(Cc1ccc(Cl)cc1Cl)C4)CN(Cc1ccc(Cl)cc1Cl)CO3. The number of aromatic nitrogens is 1. The van der Waals surface area contributed by atoms with Gasteiger partial charge in [0, 0.05) is 62.8 Å². The van der Waals surface area contributed by atoms with E-state index in [1.54, 1.807) is 24.3 Å². The van der Waals surface area contributed by atoms with Crippen LogP contribution in [-0.4, -0.2) is 28.2 Å². The number of pyridine rings is 1. The minimum absolute atomic E-state index is 0.127. The number of fused-ring (bicyclic) bond motifs is 6. The first kappa shape index (κ1) is 27.7. The van der Waals surface area contributed by atoms with Crippen molar-refractivity contribution in [3.05, 3.63) is 96.6 Å². The summed E-state index contributed by atoms with van der Waals surface area (Å²) < 4.78 is 53.1. The fraction of sp³-hybridized carbons (Fsp3) is 0.250. The van der Waals surface area contributed by atoms with Crippen LogP contribution in [0.3, 0.4) is 0 Å². The quantitative estimate of drug-likeness (QED) is 0.226.